The number of nitrogens with one attached hydrogen (secondary N) is 1. The number of rotatable bonds is 5. The van der Waals surface area contributed by atoms with Crippen LogP contribution in [-0.4, -0.2) is 39.7 Å². The lowest BCUT2D eigenvalue weighted by molar-refractivity contribution is -0.0261. The van der Waals surface area contributed by atoms with E-state index in [1.165, 1.54) is 19.3 Å². The molecule has 1 saturated heterocycles. The second-order valence-electron chi connectivity index (χ2n) is 10.9. The predicted molar refractivity (Wildman–Crippen MR) is 131 cm³/mol. The van der Waals surface area contributed by atoms with Crippen LogP contribution in [0.4, 0.5) is 4.79 Å². The van der Waals surface area contributed by atoms with Crippen LogP contribution in [0.1, 0.15) is 71.7 Å². The first-order valence-corrected chi connectivity index (χ1v) is 12.7. The zero-order chi connectivity index (χ0) is 23.0. The van der Waals surface area contributed by atoms with Crippen LogP contribution in [0.2, 0.25) is 0 Å². The highest BCUT2D eigenvalue weighted by molar-refractivity contribution is 7.09. The van der Waals surface area contributed by atoms with E-state index in [0.717, 1.165) is 35.7 Å². The largest absolute Gasteiger partial charge is 0.444 e. The molecular formula is C26H37N3O2S. The van der Waals surface area contributed by atoms with Crippen molar-refractivity contribution in [3.05, 3.63) is 40.7 Å². The minimum Gasteiger partial charge on any atom is -0.444 e. The smallest absolute Gasteiger partial charge is 0.411 e. The summed E-state index contributed by atoms with van der Waals surface area (Å²) in [5.74, 6) is 0. The van der Waals surface area contributed by atoms with Gasteiger partial charge >= 0.3 is 6.09 Å². The van der Waals surface area contributed by atoms with Crippen LogP contribution < -0.4 is 5.32 Å². The Morgan fingerprint density at radius 2 is 1.94 bits per heavy atom. The van der Waals surface area contributed by atoms with Gasteiger partial charge < -0.3 is 10.1 Å². The summed E-state index contributed by atoms with van der Waals surface area (Å²) in [6, 6.07) is 10.4. The molecule has 0 radical (unpaired) electrons. The van der Waals surface area contributed by atoms with Crippen LogP contribution in [0.15, 0.2) is 35.7 Å². The van der Waals surface area contributed by atoms with Crippen LogP contribution in [0.5, 0.6) is 0 Å². The van der Waals surface area contributed by atoms with Gasteiger partial charge in [0.1, 0.15) is 10.6 Å². The summed E-state index contributed by atoms with van der Waals surface area (Å²) < 4.78 is 5.88. The summed E-state index contributed by atoms with van der Waals surface area (Å²) in [7, 11) is 0. The molecule has 1 aliphatic heterocycles. The average molecular weight is 456 g/mol. The summed E-state index contributed by atoms with van der Waals surface area (Å²) in [4.78, 5) is 20.2. The molecule has 1 aromatic heterocycles. The molecule has 6 heteroatoms. The quantitative estimate of drug-likeness (QED) is 0.579. The number of thiazole rings is 1. The Bertz CT molecular complexity index is 938. The van der Waals surface area contributed by atoms with Crippen molar-refractivity contribution in [2.75, 3.05) is 6.54 Å². The SMILES string of the molecule is CC(C)(C)OC(=O)N1[C@H](CNCc2nc(-c3ccccc3)cs2)C[C@]2(C)CCCC[C@]12C. The van der Waals surface area contributed by atoms with Crippen molar-refractivity contribution in [1.82, 2.24) is 15.2 Å². The summed E-state index contributed by atoms with van der Waals surface area (Å²) >= 11 is 1.68. The molecule has 0 unspecified atom stereocenters. The Balaban J connectivity index is 1.45. The normalized spacial score (nSPS) is 27.9. The maximum absolute atomic E-state index is 13.3. The first kappa shape index (κ1) is 23.2. The molecule has 2 fully saturated rings. The summed E-state index contributed by atoms with van der Waals surface area (Å²) in [6.45, 7) is 12.0. The van der Waals surface area contributed by atoms with Crippen molar-refractivity contribution in [3.63, 3.8) is 0 Å². The van der Waals surface area contributed by atoms with Crippen LogP contribution in [0.3, 0.4) is 0 Å². The van der Waals surface area contributed by atoms with E-state index >= 15 is 0 Å². The third kappa shape index (κ3) is 4.58. The minimum absolute atomic E-state index is 0.131. The number of carbonyl (C=O) groups is 1. The number of hydrogen-bond acceptors (Lipinski definition) is 5. The lowest BCUT2D eigenvalue weighted by Crippen LogP contribution is -2.57. The number of benzene rings is 1. The van der Waals surface area contributed by atoms with E-state index < -0.39 is 5.60 Å². The Morgan fingerprint density at radius 1 is 1.22 bits per heavy atom. The number of fused-ring (bicyclic) bond motifs is 1. The highest BCUT2D eigenvalue weighted by Gasteiger charge is 2.60. The number of ether oxygens (including phenoxy) is 1. The van der Waals surface area contributed by atoms with E-state index in [1.54, 1.807) is 11.3 Å². The van der Waals surface area contributed by atoms with Crippen molar-refractivity contribution in [2.24, 2.45) is 5.41 Å². The minimum atomic E-state index is -0.492. The fraction of sp³-hybridized carbons (Fsp3) is 0.615. The van der Waals surface area contributed by atoms with Gasteiger partial charge in [-0.25, -0.2) is 9.78 Å². The number of carbonyl (C=O) groups excluding carboxylic acids is 1. The van der Waals surface area contributed by atoms with Gasteiger partial charge in [0.25, 0.3) is 0 Å². The fourth-order valence-corrected chi connectivity index (χ4v) is 6.38. The van der Waals surface area contributed by atoms with Gasteiger partial charge in [0.05, 0.1) is 5.69 Å². The third-order valence-corrected chi connectivity index (χ3v) is 8.24. The highest BCUT2D eigenvalue weighted by atomic mass is 32.1. The van der Waals surface area contributed by atoms with Gasteiger partial charge in [0.15, 0.2) is 0 Å². The van der Waals surface area contributed by atoms with Crippen molar-refractivity contribution in [2.45, 2.75) is 90.4 Å². The number of amides is 1. The molecule has 1 aliphatic carbocycles. The average Bonchev–Trinajstić information content (AvgIpc) is 3.27. The zero-order valence-corrected chi connectivity index (χ0v) is 20.9. The van der Waals surface area contributed by atoms with E-state index in [1.807, 2.05) is 39.0 Å². The Hall–Kier alpha value is -1.92. The van der Waals surface area contributed by atoms with E-state index in [2.05, 4.69) is 41.6 Å². The van der Waals surface area contributed by atoms with Crippen LogP contribution in [-0.2, 0) is 11.3 Å². The van der Waals surface area contributed by atoms with Gasteiger partial charge in [-0.1, -0.05) is 50.1 Å². The highest BCUT2D eigenvalue weighted by Crippen LogP contribution is 2.56. The van der Waals surface area contributed by atoms with Crippen molar-refractivity contribution < 1.29 is 9.53 Å². The molecule has 2 aliphatic rings. The summed E-state index contributed by atoms with van der Waals surface area (Å²) in [5.41, 5.74) is 1.66. The van der Waals surface area contributed by atoms with Crippen LogP contribution in [0.25, 0.3) is 11.3 Å². The van der Waals surface area contributed by atoms with Gasteiger partial charge in [-0.05, 0) is 52.4 Å². The standard InChI is InChI=1S/C26H37N3O2S/c1-24(2,3)31-23(30)29-20(15-25(4)13-9-10-14-26(25,29)5)16-27-17-22-28-21(18-32-22)19-11-7-6-8-12-19/h6-8,11-12,18,20,27H,9-10,13-17H2,1-5H3/t20-,25-,26-/m0/s1. The zero-order valence-electron chi connectivity index (χ0n) is 20.1. The molecule has 3 atom stereocenters. The molecule has 174 valence electrons. The molecule has 32 heavy (non-hydrogen) atoms. The van der Waals surface area contributed by atoms with Gasteiger partial charge in [-0.15, -0.1) is 11.3 Å². The van der Waals surface area contributed by atoms with Crippen LogP contribution >= 0.6 is 11.3 Å². The third-order valence-electron chi connectivity index (χ3n) is 7.39. The number of likely N-dealkylation sites (tertiary alicyclic amines) is 1. The summed E-state index contributed by atoms with van der Waals surface area (Å²) in [6.07, 6.45) is 5.49. The first-order valence-electron chi connectivity index (χ1n) is 11.8. The van der Waals surface area contributed by atoms with E-state index in [9.17, 15) is 4.79 Å². The molecule has 1 N–H and O–H groups in total. The molecule has 2 aromatic rings. The van der Waals surface area contributed by atoms with Crippen molar-refractivity contribution in [3.8, 4) is 11.3 Å². The Kier molecular flexibility index (Phi) is 6.38. The van der Waals surface area contributed by atoms with E-state index in [-0.39, 0.29) is 23.1 Å². The van der Waals surface area contributed by atoms with Crippen LogP contribution in [0, 0.1) is 5.41 Å². The predicted octanol–water partition coefficient (Wildman–Crippen LogP) is 6.25. The summed E-state index contributed by atoms with van der Waals surface area (Å²) in [5, 5.41) is 6.79. The number of hydrogen-bond donors (Lipinski definition) is 1. The van der Waals surface area contributed by atoms with Gasteiger partial charge in [0, 0.05) is 35.6 Å². The molecule has 4 rings (SSSR count). The lowest BCUT2D eigenvalue weighted by Gasteiger charge is -2.49. The second kappa shape index (κ2) is 8.79. The molecule has 2 heterocycles. The molecule has 1 amide bonds. The molecular weight excluding hydrogens is 418 g/mol. The maximum atomic E-state index is 13.3. The van der Waals surface area contributed by atoms with E-state index in [0.29, 0.717) is 6.54 Å². The first-order chi connectivity index (χ1) is 15.1. The number of nitrogens with zero attached hydrogens (tertiary/aromatic N) is 2. The Labute approximate surface area is 196 Å². The maximum Gasteiger partial charge on any atom is 0.411 e. The molecule has 0 bridgehead atoms. The Morgan fingerprint density at radius 3 is 2.66 bits per heavy atom. The fourth-order valence-electron chi connectivity index (χ4n) is 5.61. The molecule has 1 saturated carbocycles. The van der Waals surface area contributed by atoms with Crippen molar-refractivity contribution >= 4 is 17.4 Å². The molecule has 1 aromatic carbocycles. The molecule has 5 nitrogen and oxygen atoms in total. The van der Waals surface area contributed by atoms with Crippen molar-refractivity contribution in [1.29, 1.82) is 0 Å². The van der Waals surface area contributed by atoms with Gasteiger partial charge in [0.2, 0.25) is 0 Å². The number of aromatic nitrogens is 1. The second-order valence-corrected chi connectivity index (χ2v) is 11.8. The molecule has 0 spiro atoms. The van der Waals surface area contributed by atoms with Gasteiger partial charge in [-0.3, -0.25) is 4.90 Å². The topological polar surface area (TPSA) is 54.5 Å². The lowest BCUT2D eigenvalue weighted by atomic mass is 9.63. The van der Waals surface area contributed by atoms with E-state index in [4.69, 9.17) is 9.72 Å². The van der Waals surface area contributed by atoms with Gasteiger partial charge in [-0.2, -0.15) is 0 Å². The monoisotopic (exact) mass is 455 g/mol.